The van der Waals surface area contributed by atoms with Crippen molar-refractivity contribution in [3.63, 3.8) is 0 Å². The maximum absolute atomic E-state index is 10.8. The lowest BCUT2D eigenvalue weighted by molar-refractivity contribution is -0.113. The van der Waals surface area contributed by atoms with Gasteiger partial charge in [-0.1, -0.05) is 20.4 Å². The van der Waals surface area contributed by atoms with Gasteiger partial charge in [0.1, 0.15) is 5.84 Å². The van der Waals surface area contributed by atoms with Gasteiger partial charge in [-0.25, -0.2) is 0 Å². The number of hydrogen-bond acceptors (Lipinski definition) is 3. The van der Waals surface area contributed by atoms with Crippen molar-refractivity contribution in [2.45, 2.75) is 13.8 Å². The van der Waals surface area contributed by atoms with Gasteiger partial charge in [-0.05, 0) is 6.08 Å². The van der Waals surface area contributed by atoms with Crippen LogP contribution in [-0.2, 0) is 14.9 Å². The number of rotatable bonds is 4. The summed E-state index contributed by atoms with van der Waals surface area (Å²) in [7, 11) is -4.17. The maximum atomic E-state index is 10.8. The van der Waals surface area contributed by atoms with Crippen LogP contribution in [-0.4, -0.2) is 30.5 Å². The number of carbonyl (C=O) groups excluding carboxylic acids is 1. The highest BCUT2D eigenvalue weighted by Gasteiger charge is 2.29. The second-order valence-electron chi connectivity index (χ2n) is 3.65. The molecular formula is C8H14N2O4S. The van der Waals surface area contributed by atoms with Crippen molar-refractivity contribution in [3.05, 3.63) is 12.7 Å². The second-order valence-corrected chi connectivity index (χ2v) is 5.10. The predicted molar refractivity (Wildman–Crippen MR) is 57.0 cm³/mol. The molecule has 0 aromatic carbocycles. The molecule has 86 valence electrons. The van der Waals surface area contributed by atoms with Gasteiger partial charge in [-0.2, -0.15) is 13.4 Å². The molecule has 0 fully saturated rings. The molecule has 0 spiro atoms. The first kappa shape index (κ1) is 13.8. The van der Waals surface area contributed by atoms with Crippen molar-refractivity contribution in [2.75, 3.05) is 5.75 Å². The Bertz CT molecular complexity index is 395. The Balaban J connectivity index is 4.96. The molecule has 0 radical (unpaired) electrons. The minimum absolute atomic E-state index is 0.162. The smallest absolute Gasteiger partial charge is 0.270 e. The summed E-state index contributed by atoms with van der Waals surface area (Å²) < 4.78 is 29.9. The van der Waals surface area contributed by atoms with Crippen molar-refractivity contribution in [1.82, 2.24) is 0 Å². The summed E-state index contributed by atoms with van der Waals surface area (Å²) in [5.41, 5.74) is 4.34. The highest BCUT2D eigenvalue weighted by atomic mass is 32.2. The molecule has 0 aromatic heterocycles. The fourth-order valence-corrected chi connectivity index (χ4v) is 1.91. The van der Waals surface area contributed by atoms with Crippen LogP contribution in [0.5, 0.6) is 0 Å². The van der Waals surface area contributed by atoms with Crippen LogP contribution in [0, 0.1) is 5.41 Å². The average molecular weight is 234 g/mol. The Kier molecular flexibility index (Phi) is 4.17. The van der Waals surface area contributed by atoms with Crippen molar-refractivity contribution < 1.29 is 17.8 Å². The Hall–Kier alpha value is -1.21. The van der Waals surface area contributed by atoms with Gasteiger partial charge in [-0.15, -0.1) is 0 Å². The van der Waals surface area contributed by atoms with E-state index < -0.39 is 27.2 Å². The van der Waals surface area contributed by atoms with Crippen LogP contribution < -0.4 is 5.73 Å². The maximum Gasteiger partial charge on any atom is 0.270 e. The van der Waals surface area contributed by atoms with Gasteiger partial charge in [0.2, 0.25) is 0 Å². The summed E-state index contributed by atoms with van der Waals surface area (Å²) in [4.78, 5) is 14.3. The van der Waals surface area contributed by atoms with E-state index in [2.05, 4.69) is 11.6 Å². The summed E-state index contributed by atoms with van der Waals surface area (Å²) in [6.07, 6.45) is 0.955. The number of carbonyl (C=O) groups is 1. The SMILES string of the molecule is C=CC(=O)N=C(N)C(C)(C)CS(=O)(=O)O. The number of amidine groups is 1. The monoisotopic (exact) mass is 234 g/mol. The zero-order valence-electron chi connectivity index (χ0n) is 8.60. The lowest BCUT2D eigenvalue weighted by Gasteiger charge is -2.21. The number of nitrogens with zero attached hydrogens (tertiary/aromatic N) is 1. The average Bonchev–Trinajstić information content (AvgIpc) is 1.99. The van der Waals surface area contributed by atoms with Gasteiger partial charge < -0.3 is 5.73 Å². The van der Waals surface area contributed by atoms with E-state index in [0.29, 0.717) is 0 Å². The van der Waals surface area contributed by atoms with Gasteiger partial charge in [-0.3, -0.25) is 9.35 Å². The lowest BCUT2D eigenvalue weighted by atomic mass is 9.95. The summed E-state index contributed by atoms with van der Waals surface area (Å²) in [6, 6.07) is 0. The number of amides is 1. The molecule has 0 aliphatic heterocycles. The number of aliphatic imine (C=N–C) groups is 1. The largest absolute Gasteiger partial charge is 0.387 e. The van der Waals surface area contributed by atoms with Crippen LogP contribution in [0.25, 0.3) is 0 Å². The molecule has 0 saturated carbocycles. The van der Waals surface area contributed by atoms with Gasteiger partial charge in [0.15, 0.2) is 0 Å². The third kappa shape index (κ3) is 5.28. The minimum atomic E-state index is -4.17. The van der Waals surface area contributed by atoms with E-state index in [1.165, 1.54) is 13.8 Å². The lowest BCUT2D eigenvalue weighted by Crippen LogP contribution is -2.38. The third-order valence-electron chi connectivity index (χ3n) is 1.64. The highest BCUT2D eigenvalue weighted by Crippen LogP contribution is 2.17. The van der Waals surface area contributed by atoms with E-state index in [1.54, 1.807) is 0 Å². The highest BCUT2D eigenvalue weighted by molar-refractivity contribution is 7.85. The van der Waals surface area contributed by atoms with E-state index in [9.17, 15) is 13.2 Å². The molecule has 0 bridgehead atoms. The molecule has 3 N–H and O–H groups in total. The van der Waals surface area contributed by atoms with Crippen LogP contribution in [0.2, 0.25) is 0 Å². The Labute approximate surface area is 88.6 Å². The molecular weight excluding hydrogens is 220 g/mol. The fraction of sp³-hybridized carbons (Fsp3) is 0.500. The van der Waals surface area contributed by atoms with Crippen LogP contribution in [0.1, 0.15) is 13.8 Å². The van der Waals surface area contributed by atoms with Gasteiger partial charge in [0.05, 0.1) is 5.75 Å². The zero-order chi connectivity index (χ0) is 12.3. The topological polar surface area (TPSA) is 110 Å². The van der Waals surface area contributed by atoms with E-state index in [4.69, 9.17) is 10.3 Å². The molecule has 0 atom stereocenters. The second kappa shape index (κ2) is 4.54. The molecule has 0 aliphatic carbocycles. The summed E-state index contributed by atoms with van der Waals surface area (Å²) in [6.45, 7) is 6.10. The van der Waals surface area contributed by atoms with Gasteiger partial charge in [0.25, 0.3) is 16.0 Å². The summed E-state index contributed by atoms with van der Waals surface area (Å²) in [5.74, 6) is -1.42. The van der Waals surface area contributed by atoms with Gasteiger partial charge in [0, 0.05) is 5.41 Å². The quantitative estimate of drug-likeness (QED) is 0.307. The Morgan fingerprint density at radius 2 is 2.07 bits per heavy atom. The van der Waals surface area contributed by atoms with Crippen LogP contribution in [0.3, 0.4) is 0 Å². The molecule has 0 aliphatic rings. The first-order valence-electron chi connectivity index (χ1n) is 4.05. The molecule has 0 heterocycles. The van der Waals surface area contributed by atoms with E-state index >= 15 is 0 Å². The van der Waals surface area contributed by atoms with E-state index in [0.717, 1.165) is 6.08 Å². The van der Waals surface area contributed by atoms with Crippen LogP contribution in [0.4, 0.5) is 0 Å². The molecule has 0 unspecified atom stereocenters. The summed E-state index contributed by atoms with van der Waals surface area (Å²) in [5, 5.41) is 0. The van der Waals surface area contributed by atoms with E-state index in [-0.39, 0.29) is 5.84 Å². The molecule has 0 rings (SSSR count). The van der Waals surface area contributed by atoms with Crippen LogP contribution in [0.15, 0.2) is 17.6 Å². The molecule has 0 aromatic rings. The first-order valence-corrected chi connectivity index (χ1v) is 5.65. The molecule has 15 heavy (non-hydrogen) atoms. The molecule has 7 heteroatoms. The normalized spacial score (nSPS) is 13.7. The van der Waals surface area contributed by atoms with Crippen molar-refractivity contribution in [2.24, 2.45) is 16.1 Å². The molecule has 6 nitrogen and oxygen atoms in total. The Morgan fingerprint density at radius 3 is 2.40 bits per heavy atom. The molecule has 0 saturated heterocycles. The minimum Gasteiger partial charge on any atom is -0.387 e. The van der Waals surface area contributed by atoms with Crippen molar-refractivity contribution in [1.29, 1.82) is 0 Å². The zero-order valence-corrected chi connectivity index (χ0v) is 9.41. The van der Waals surface area contributed by atoms with Crippen LogP contribution >= 0.6 is 0 Å². The Morgan fingerprint density at radius 1 is 1.60 bits per heavy atom. The third-order valence-corrected chi connectivity index (χ3v) is 2.73. The fourth-order valence-electron chi connectivity index (χ4n) is 0.846. The summed E-state index contributed by atoms with van der Waals surface area (Å²) >= 11 is 0. The van der Waals surface area contributed by atoms with Crippen molar-refractivity contribution in [3.8, 4) is 0 Å². The van der Waals surface area contributed by atoms with E-state index in [1.807, 2.05) is 0 Å². The molecule has 1 amide bonds. The van der Waals surface area contributed by atoms with Crippen molar-refractivity contribution >= 4 is 21.9 Å². The predicted octanol–water partition coefficient (Wildman–Crippen LogP) is -0.0298. The number of hydrogen-bond donors (Lipinski definition) is 2. The standard InChI is InChI=1S/C8H14N2O4S/c1-4-6(11)10-7(9)8(2,3)5-15(12,13)14/h4H,1,5H2,2-3H3,(H2,9,10,11)(H,12,13,14). The first-order chi connectivity index (χ1) is 6.58. The van der Waals surface area contributed by atoms with Gasteiger partial charge >= 0.3 is 0 Å². The number of nitrogens with two attached hydrogens (primary N) is 1.